The lowest BCUT2D eigenvalue weighted by Gasteiger charge is -2.44. The molecule has 2 N–H and O–H groups in total. The Labute approximate surface area is 216 Å². The van der Waals surface area contributed by atoms with E-state index in [9.17, 15) is 19.2 Å². The van der Waals surface area contributed by atoms with Crippen LogP contribution in [-0.2, 0) is 16.1 Å². The Kier molecular flexibility index (Phi) is 6.16. The molecular formula is C29H32N4O4. The molecule has 2 aromatic carbocycles. The molecule has 0 aliphatic carbocycles. The molecule has 4 aliphatic heterocycles. The Morgan fingerprint density at radius 2 is 1.57 bits per heavy atom. The second-order valence-corrected chi connectivity index (χ2v) is 10.9. The highest BCUT2D eigenvalue weighted by atomic mass is 16.2. The van der Waals surface area contributed by atoms with Gasteiger partial charge in [0, 0.05) is 13.0 Å². The van der Waals surface area contributed by atoms with Crippen LogP contribution in [0.25, 0.3) is 11.1 Å². The van der Waals surface area contributed by atoms with Gasteiger partial charge >= 0.3 is 0 Å². The summed E-state index contributed by atoms with van der Waals surface area (Å²) in [5.74, 6) is -1.93. The van der Waals surface area contributed by atoms with Gasteiger partial charge in [0.25, 0.3) is 11.8 Å². The average Bonchev–Trinajstić information content (AvgIpc) is 3.15. The van der Waals surface area contributed by atoms with Crippen LogP contribution < -0.4 is 10.6 Å². The summed E-state index contributed by atoms with van der Waals surface area (Å²) in [6.07, 6.45) is 5.36. The van der Waals surface area contributed by atoms with Crippen LogP contribution in [0, 0.1) is 5.41 Å². The summed E-state index contributed by atoms with van der Waals surface area (Å²) >= 11 is 0. The van der Waals surface area contributed by atoms with Gasteiger partial charge in [0.05, 0.1) is 11.1 Å². The third kappa shape index (κ3) is 4.49. The van der Waals surface area contributed by atoms with Crippen LogP contribution >= 0.6 is 0 Å². The van der Waals surface area contributed by atoms with Gasteiger partial charge in [-0.3, -0.25) is 34.3 Å². The number of hydrogen-bond acceptors (Lipinski definition) is 6. The molecule has 8 nitrogen and oxygen atoms in total. The lowest BCUT2D eigenvalue weighted by atomic mass is 9.71. The number of fused-ring (bicyclic) bond motifs is 1. The minimum atomic E-state index is -0.953. The molecule has 6 rings (SSSR count). The molecule has 3 fully saturated rings. The topological polar surface area (TPSA) is 98.8 Å². The first-order valence-corrected chi connectivity index (χ1v) is 13.3. The van der Waals surface area contributed by atoms with Crippen molar-refractivity contribution in [2.45, 2.75) is 51.1 Å². The first-order valence-electron chi connectivity index (χ1n) is 13.3. The summed E-state index contributed by atoms with van der Waals surface area (Å²) in [4.78, 5) is 53.6. The largest absolute Gasteiger partial charge is 0.317 e. The molecule has 37 heavy (non-hydrogen) atoms. The zero-order valence-corrected chi connectivity index (χ0v) is 20.9. The van der Waals surface area contributed by atoms with Crippen molar-refractivity contribution in [3.05, 3.63) is 59.2 Å². The number of benzene rings is 2. The quantitative estimate of drug-likeness (QED) is 0.627. The van der Waals surface area contributed by atoms with E-state index in [-0.39, 0.29) is 18.7 Å². The monoisotopic (exact) mass is 500 g/mol. The predicted molar refractivity (Wildman–Crippen MR) is 138 cm³/mol. The molecule has 1 atom stereocenters. The molecule has 8 heteroatoms. The number of carbonyl (C=O) groups is 4. The first kappa shape index (κ1) is 24.0. The summed E-state index contributed by atoms with van der Waals surface area (Å²) in [7, 11) is 0. The molecule has 0 bridgehead atoms. The van der Waals surface area contributed by atoms with E-state index >= 15 is 0 Å². The van der Waals surface area contributed by atoms with E-state index in [4.69, 9.17) is 0 Å². The molecule has 192 valence electrons. The van der Waals surface area contributed by atoms with E-state index in [0.717, 1.165) is 48.8 Å². The molecule has 1 spiro atoms. The summed E-state index contributed by atoms with van der Waals surface area (Å²) in [5, 5.41) is 5.72. The fourth-order valence-corrected chi connectivity index (χ4v) is 6.40. The van der Waals surface area contributed by atoms with Gasteiger partial charge in [-0.1, -0.05) is 24.3 Å². The van der Waals surface area contributed by atoms with Crippen molar-refractivity contribution in [1.82, 2.24) is 20.4 Å². The minimum Gasteiger partial charge on any atom is -0.317 e. The molecule has 4 heterocycles. The SMILES string of the molecule is O=C1CCC(N2C(=O)c3ccc(-c4cccc(CN5CCC6(CCNCC6)CC5)c4)cc3C2=O)C(=O)N1. The number of hydrogen-bond donors (Lipinski definition) is 2. The zero-order chi connectivity index (χ0) is 25.6. The molecule has 3 saturated heterocycles. The van der Waals surface area contributed by atoms with Crippen LogP contribution in [0.4, 0.5) is 0 Å². The van der Waals surface area contributed by atoms with E-state index in [1.165, 1.54) is 31.2 Å². The average molecular weight is 501 g/mol. The smallest absolute Gasteiger partial charge is 0.262 e. The molecule has 4 amide bonds. The maximum atomic E-state index is 13.2. The second kappa shape index (κ2) is 9.50. The lowest BCUT2D eigenvalue weighted by molar-refractivity contribution is -0.136. The third-order valence-corrected chi connectivity index (χ3v) is 8.69. The number of carbonyl (C=O) groups excluding carboxylic acids is 4. The molecule has 4 aliphatic rings. The fourth-order valence-electron chi connectivity index (χ4n) is 6.40. The standard InChI is InChI=1S/C29H32N4O4/c34-25-7-6-24(26(35)31-25)33-27(36)22-5-4-21(17-23(22)28(33)37)20-3-1-2-19(16-20)18-32-14-10-29(11-15-32)8-12-30-13-9-29/h1-5,16-17,24,30H,6-15,18H2,(H,31,34,35). The van der Waals surface area contributed by atoms with Gasteiger partial charge in [0.2, 0.25) is 11.8 Å². The van der Waals surface area contributed by atoms with Crippen LogP contribution in [0.15, 0.2) is 42.5 Å². The van der Waals surface area contributed by atoms with Gasteiger partial charge in [0.1, 0.15) is 6.04 Å². The molecule has 0 radical (unpaired) electrons. The number of imide groups is 2. The number of likely N-dealkylation sites (tertiary alicyclic amines) is 1. The summed E-state index contributed by atoms with van der Waals surface area (Å²) in [6.45, 7) is 5.42. The number of rotatable bonds is 4. The van der Waals surface area contributed by atoms with Gasteiger partial charge in [-0.25, -0.2) is 0 Å². The van der Waals surface area contributed by atoms with E-state index in [1.54, 1.807) is 12.1 Å². The molecule has 1 unspecified atom stereocenters. The van der Waals surface area contributed by atoms with Crippen molar-refractivity contribution in [3.63, 3.8) is 0 Å². The third-order valence-electron chi connectivity index (χ3n) is 8.69. The summed E-state index contributed by atoms with van der Waals surface area (Å²) in [6, 6.07) is 12.7. The van der Waals surface area contributed by atoms with E-state index in [1.807, 2.05) is 18.2 Å². The number of nitrogens with one attached hydrogen (secondary N) is 2. The van der Waals surface area contributed by atoms with Gasteiger partial charge in [-0.15, -0.1) is 0 Å². The molecule has 2 aromatic rings. The molecule has 0 aromatic heterocycles. The Bertz CT molecular complexity index is 1270. The van der Waals surface area contributed by atoms with Crippen molar-refractivity contribution in [2.24, 2.45) is 5.41 Å². The highest BCUT2D eigenvalue weighted by molar-refractivity contribution is 6.23. The van der Waals surface area contributed by atoms with Crippen LogP contribution in [0.1, 0.15) is 64.8 Å². The van der Waals surface area contributed by atoms with Crippen molar-refractivity contribution in [2.75, 3.05) is 26.2 Å². The van der Waals surface area contributed by atoms with Gasteiger partial charge < -0.3 is 5.32 Å². The van der Waals surface area contributed by atoms with Gasteiger partial charge in [-0.05, 0) is 98.6 Å². The van der Waals surface area contributed by atoms with E-state index in [2.05, 4.69) is 27.7 Å². The second-order valence-electron chi connectivity index (χ2n) is 10.9. The number of piperidine rings is 3. The van der Waals surface area contributed by atoms with Crippen molar-refractivity contribution >= 4 is 23.6 Å². The molecule has 0 saturated carbocycles. The van der Waals surface area contributed by atoms with Crippen LogP contribution in [0.3, 0.4) is 0 Å². The molecular weight excluding hydrogens is 468 g/mol. The highest BCUT2D eigenvalue weighted by Crippen LogP contribution is 2.40. The van der Waals surface area contributed by atoms with Crippen LogP contribution in [0.2, 0.25) is 0 Å². The van der Waals surface area contributed by atoms with E-state index < -0.39 is 23.8 Å². The Balaban J connectivity index is 1.17. The lowest BCUT2D eigenvalue weighted by Crippen LogP contribution is -2.54. The fraction of sp³-hybridized carbons (Fsp3) is 0.448. The summed E-state index contributed by atoms with van der Waals surface area (Å²) in [5.41, 5.74) is 4.22. The minimum absolute atomic E-state index is 0.108. The Hall–Kier alpha value is -3.36. The first-order chi connectivity index (χ1) is 17.9. The maximum absolute atomic E-state index is 13.2. The van der Waals surface area contributed by atoms with Crippen molar-refractivity contribution in [3.8, 4) is 11.1 Å². The van der Waals surface area contributed by atoms with Crippen molar-refractivity contribution < 1.29 is 19.2 Å². The highest BCUT2D eigenvalue weighted by Gasteiger charge is 2.44. The Morgan fingerprint density at radius 3 is 2.32 bits per heavy atom. The number of nitrogens with zero attached hydrogens (tertiary/aromatic N) is 2. The predicted octanol–water partition coefficient (Wildman–Crippen LogP) is 2.72. The van der Waals surface area contributed by atoms with E-state index in [0.29, 0.717) is 16.5 Å². The summed E-state index contributed by atoms with van der Waals surface area (Å²) < 4.78 is 0. The zero-order valence-electron chi connectivity index (χ0n) is 20.9. The van der Waals surface area contributed by atoms with Crippen LogP contribution in [-0.4, -0.2) is 65.6 Å². The maximum Gasteiger partial charge on any atom is 0.262 e. The Morgan fingerprint density at radius 1 is 0.838 bits per heavy atom. The van der Waals surface area contributed by atoms with Gasteiger partial charge in [0.15, 0.2) is 0 Å². The van der Waals surface area contributed by atoms with Crippen molar-refractivity contribution in [1.29, 1.82) is 0 Å². The number of amides is 4. The van der Waals surface area contributed by atoms with Gasteiger partial charge in [-0.2, -0.15) is 0 Å². The normalized spacial score (nSPS) is 23.9. The van der Waals surface area contributed by atoms with Crippen LogP contribution in [0.5, 0.6) is 0 Å².